The number of aryl methyl sites for hydroxylation is 2. The molecule has 5 heterocycles. The topological polar surface area (TPSA) is 162 Å². The lowest BCUT2D eigenvalue weighted by Gasteiger charge is -2.37. The van der Waals surface area contributed by atoms with E-state index in [4.69, 9.17) is 0 Å². The predicted octanol–water partition coefficient (Wildman–Crippen LogP) is 4.47. The summed E-state index contributed by atoms with van der Waals surface area (Å²) in [6.45, 7) is 12.6. The highest BCUT2D eigenvalue weighted by molar-refractivity contribution is 7.13. The molecule has 5 aromatic rings. The van der Waals surface area contributed by atoms with Gasteiger partial charge in [0.15, 0.2) is 0 Å². The fraction of sp³-hybridized carbons (Fsp3) is 0.419. The number of anilines is 1. The number of nitrogens with one attached hydrogen (secondary N) is 2. The summed E-state index contributed by atoms with van der Waals surface area (Å²) in [6.07, 6.45) is 4.72. The molecule has 3 aromatic heterocycles. The normalized spacial score (nSPS) is 18.5. The maximum Gasteiger partial charge on any atom is 0.246 e. The largest absolute Gasteiger partial charge is 0.391 e. The first-order chi connectivity index (χ1) is 27.7. The van der Waals surface area contributed by atoms with E-state index in [-0.39, 0.29) is 43.3 Å². The van der Waals surface area contributed by atoms with Gasteiger partial charge < -0.3 is 25.5 Å². The fourth-order valence-corrected chi connectivity index (χ4v) is 8.48. The first-order valence-electron chi connectivity index (χ1n) is 19.7. The van der Waals surface area contributed by atoms with Crippen molar-refractivity contribution in [2.24, 2.45) is 12.5 Å². The van der Waals surface area contributed by atoms with Gasteiger partial charge in [-0.25, -0.2) is 4.98 Å². The zero-order chi connectivity index (χ0) is 41.1. The Morgan fingerprint density at radius 3 is 2.28 bits per heavy atom. The van der Waals surface area contributed by atoms with Gasteiger partial charge in [-0.1, -0.05) is 57.2 Å². The summed E-state index contributed by atoms with van der Waals surface area (Å²) in [4.78, 5) is 52.7. The van der Waals surface area contributed by atoms with Crippen molar-refractivity contribution in [1.82, 2.24) is 45.4 Å². The molecule has 304 valence electrons. The summed E-state index contributed by atoms with van der Waals surface area (Å²) in [5.74, 6) is -0.969. The van der Waals surface area contributed by atoms with Crippen LogP contribution in [0, 0.1) is 12.3 Å². The molecule has 2 aliphatic rings. The minimum Gasteiger partial charge on any atom is -0.391 e. The summed E-state index contributed by atoms with van der Waals surface area (Å²) in [5.41, 5.74) is 8.92. The number of likely N-dealkylation sites (tertiary alicyclic amines) is 1. The van der Waals surface area contributed by atoms with Crippen LogP contribution in [0.3, 0.4) is 0 Å². The molecule has 0 saturated carbocycles. The van der Waals surface area contributed by atoms with Crippen LogP contribution in [-0.4, -0.2) is 115 Å². The third-order valence-electron chi connectivity index (χ3n) is 11.0. The first-order valence-corrected chi connectivity index (χ1v) is 20.6. The van der Waals surface area contributed by atoms with Gasteiger partial charge in [0.2, 0.25) is 17.7 Å². The lowest BCUT2D eigenvalue weighted by Crippen LogP contribution is -2.59. The molecule has 2 aromatic carbocycles. The molecule has 0 spiro atoms. The maximum atomic E-state index is 14.2. The highest BCUT2D eigenvalue weighted by Crippen LogP contribution is 2.30. The van der Waals surface area contributed by atoms with Crippen molar-refractivity contribution in [2.75, 3.05) is 44.2 Å². The maximum absolute atomic E-state index is 14.2. The fourth-order valence-electron chi connectivity index (χ4n) is 7.67. The molecule has 7 rings (SSSR count). The van der Waals surface area contributed by atoms with E-state index in [1.165, 1.54) is 4.90 Å². The van der Waals surface area contributed by atoms with Gasteiger partial charge in [-0.05, 0) is 54.2 Å². The van der Waals surface area contributed by atoms with Crippen molar-refractivity contribution in [3.8, 4) is 32.8 Å². The number of hydrogen-bond acceptors (Lipinski definition) is 11. The Morgan fingerprint density at radius 2 is 1.64 bits per heavy atom. The smallest absolute Gasteiger partial charge is 0.246 e. The Morgan fingerprint density at radius 1 is 0.931 bits per heavy atom. The SMILES string of the molecule is Cc1ncsc1-c1ccc([C@H](C)NC(=O)[C@@H]2C[C@@H](O)CN2C(=O)[C@@H](NC(=O)CN2CCN(c3ccc(-c4cnnc(-c5cnn(C)c5)c4)cc3)CC2)C(C)(C)C)cc1. The van der Waals surface area contributed by atoms with E-state index in [1.807, 2.05) is 83.7 Å². The number of thiazole rings is 1. The quantitative estimate of drug-likeness (QED) is 0.174. The molecule has 0 aliphatic carbocycles. The number of nitrogens with zero attached hydrogens (tertiary/aromatic N) is 8. The highest BCUT2D eigenvalue weighted by atomic mass is 32.1. The van der Waals surface area contributed by atoms with Crippen LogP contribution in [0.4, 0.5) is 5.69 Å². The number of hydrogen-bond donors (Lipinski definition) is 3. The number of amides is 3. The van der Waals surface area contributed by atoms with Crippen LogP contribution in [0.5, 0.6) is 0 Å². The molecular weight excluding hydrogens is 753 g/mol. The zero-order valence-corrected chi connectivity index (χ0v) is 34.7. The van der Waals surface area contributed by atoms with E-state index in [9.17, 15) is 19.5 Å². The van der Waals surface area contributed by atoms with E-state index in [0.717, 1.165) is 62.9 Å². The molecule has 2 fully saturated rings. The predicted molar refractivity (Wildman–Crippen MR) is 225 cm³/mol. The van der Waals surface area contributed by atoms with Gasteiger partial charge in [-0.2, -0.15) is 15.3 Å². The second kappa shape index (κ2) is 17.1. The number of aromatic nitrogens is 5. The average molecular weight is 805 g/mol. The van der Waals surface area contributed by atoms with Gasteiger partial charge in [0.05, 0.1) is 52.9 Å². The third kappa shape index (κ3) is 9.27. The van der Waals surface area contributed by atoms with E-state index in [2.05, 4.69) is 65.0 Å². The van der Waals surface area contributed by atoms with Gasteiger partial charge in [0, 0.05) is 69.2 Å². The lowest BCUT2D eigenvalue weighted by atomic mass is 9.85. The van der Waals surface area contributed by atoms with Crippen LogP contribution in [0.25, 0.3) is 32.8 Å². The number of β-amino-alcohol motifs (C(OH)–C–C–N with tert-alkyl or cyclic N) is 1. The molecule has 58 heavy (non-hydrogen) atoms. The lowest BCUT2D eigenvalue weighted by molar-refractivity contribution is -0.144. The molecular formula is C43H52N10O4S. The minimum atomic E-state index is -0.892. The molecule has 3 N–H and O–H groups in total. The first kappa shape index (κ1) is 40.7. The van der Waals surface area contributed by atoms with Crippen molar-refractivity contribution in [1.29, 1.82) is 0 Å². The van der Waals surface area contributed by atoms with E-state index >= 15 is 0 Å². The molecule has 0 radical (unpaired) electrons. The molecule has 3 amide bonds. The number of carbonyl (C=O) groups excluding carboxylic acids is 3. The Bertz CT molecular complexity index is 2220. The molecule has 14 nitrogen and oxygen atoms in total. The number of carbonyl (C=O) groups is 3. The van der Waals surface area contributed by atoms with E-state index in [1.54, 1.807) is 28.4 Å². The van der Waals surface area contributed by atoms with Crippen molar-refractivity contribution >= 4 is 34.7 Å². The molecule has 2 aliphatic heterocycles. The van der Waals surface area contributed by atoms with Crippen LogP contribution >= 0.6 is 11.3 Å². The molecule has 4 atom stereocenters. The minimum absolute atomic E-state index is 0.0193. The Labute approximate surface area is 343 Å². The van der Waals surface area contributed by atoms with E-state index in [0.29, 0.717) is 13.1 Å². The monoisotopic (exact) mass is 804 g/mol. The summed E-state index contributed by atoms with van der Waals surface area (Å²) in [5, 5.41) is 29.5. The van der Waals surface area contributed by atoms with Crippen LogP contribution in [-0.2, 0) is 21.4 Å². The Balaban J connectivity index is 0.922. The van der Waals surface area contributed by atoms with Gasteiger partial charge in [-0.15, -0.1) is 11.3 Å². The second-order valence-corrected chi connectivity index (χ2v) is 17.3. The van der Waals surface area contributed by atoms with Crippen molar-refractivity contribution < 1.29 is 19.5 Å². The average Bonchev–Trinajstić information content (AvgIpc) is 3.96. The number of piperazine rings is 1. The van der Waals surface area contributed by atoms with Crippen molar-refractivity contribution in [3.63, 3.8) is 0 Å². The molecule has 0 bridgehead atoms. The summed E-state index contributed by atoms with van der Waals surface area (Å²) in [6, 6.07) is 16.3. The second-order valence-electron chi connectivity index (χ2n) is 16.4. The van der Waals surface area contributed by atoms with Gasteiger partial charge in [0.1, 0.15) is 12.1 Å². The van der Waals surface area contributed by atoms with Crippen molar-refractivity contribution in [2.45, 2.75) is 65.3 Å². The van der Waals surface area contributed by atoms with Crippen LogP contribution in [0.2, 0.25) is 0 Å². The zero-order valence-electron chi connectivity index (χ0n) is 33.9. The number of aliphatic hydroxyl groups is 1. The number of aliphatic hydroxyl groups excluding tert-OH is 1. The van der Waals surface area contributed by atoms with Crippen LogP contribution < -0.4 is 15.5 Å². The standard InChI is InChI=1S/C43H52N10O4S/c1-27(29-7-9-31(10-8-29)39-28(2)44-26-58-39)47-41(56)37-20-35(54)24-53(37)42(57)40(43(3,4)5)48-38(55)25-51-15-17-52(18-16-51)34-13-11-30(12-14-34)32-19-36(49-45-21-32)33-22-46-50(6)23-33/h7-14,19,21-23,26-27,35,37,40,54H,15-18,20,24-25H2,1-6H3,(H,47,56)(H,48,55)/t27-,35+,37-,40+/m0/s1. The van der Waals surface area contributed by atoms with Crippen molar-refractivity contribution in [3.05, 3.63) is 90.0 Å². The summed E-state index contributed by atoms with van der Waals surface area (Å²) in [7, 11) is 1.87. The number of rotatable bonds is 11. The van der Waals surface area contributed by atoms with Gasteiger partial charge in [-0.3, -0.25) is 24.0 Å². The van der Waals surface area contributed by atoms with E-state index < -0.39 is 23.6 Å². The Hall–Kier alpha value is -5.51. The number of benzene rings is 2. The molecule has 15 heteroatoms. The third-order valence-corrected chi connectivity index (χ3v) is 12.0. The molecule has 0 unspecified atom stereocenters. The summed E-state index contributed by atoms with van der Waals surface area (Å²) < 4.78 is 1.74. The van der Waals surface area contributed by atoms with Gasteiger partial charge in [0.25, 0.3) is 0 Å². The van der Waals surface area contributed by atoms with Crippen LogP contribution in [0.1, 0.15) is 51.4 Å². The Kier molecular flexibility index (Phi) is 12.0. The van der Waals surface area contributed by atoms with Crippen LogP contribution in [0.15, 0.2) is 78.7 Å². The molecule has 2 saturated heterocycles. The highest BCUT2D eigenvalue weighted by Gasteiger charge is 2.45. The summed E-state index contributed by atoms with van der Waals surface area (Å²) >= 11 is 1.59. The van der Waals surface area contributed by atoms with Gasteiger partial charge >= 0.3 is 0 Å².